The van der Waals surface area contributed by atoms with E-state index in [0.29, 0.717) is 6.54 Å². The van der Waals surface area contributed by atoms with Gasteiger partial charge in [-0.15, -0.1) is 0 Å². The minimum Gasteiger partial charge on any atom is -0.475 e. The average Bonchev–Trinajstić information content (AvgIpc) is 3.07. The Morgan fingerprint density at radius 2 is 1.80 bits per heavy atom. The van der Waals surface area contributed by atoms with E-state index in [2.05, 4.69) is 25.4 Å². The van der Waals surface area contributed by atoms with Crippen molar-refractivity contribution in [3.63, 3.8) is 0 Å². The first-order chi connectivity index (χ1) is 14.1. The Kier molecular flexibility index (Phi) is 7.34. The van der Waals surface area contributed by atoms with Crippen molar-refractivity contribution >= 4 is 17.3 Å². The van der Waals surface area contributed by atoms with Crippen LogP contribution in [-0.2, 0) is 11.3 Å². The summed E-state index contributed by atoms with van der Waals surface area (Å²) < 4.78 is 31.7. The summed E-state index contributed by atoms with van der Waals surface area (Å²) in [5.74, 6) is -2.76. The first-order valence-electron chi connectivity index (χ1n) is 8.73. The van der Waals surface area contributed by atoms with E-state index in [0.717, 1.165) is 28.5 Å². The van der Waals surface area contributed by atoms with E-state index < -0.39 is 12.1 Å². The topological polar surface area (TPSA) is 96.2 Å². The molecule has 8 nitrogen and oxygen atoms in total. The van der Waals surface area contributed by atoms with Crippen LogP contribution in [-0.4, -0.2) is 51.3 Å². The van der Waals surface area contributed by atoms with Crippen molar-refractivity contribution in [3.8, 4) is 5.69 Å². The second-order valence-corrected chi connectivity index (χ2v) is 6.30. The van der Waals surface area contributed by atoms with Gasteiger partial charge in [-0.3, -0.25) is 4.98 Å². The van der Waals surface area contributed by atoms with Crippen LogP contribution in [0.5, 0.6) is 0 Å². The number of para-hydroxylation sites is 1. The smallest absolute Gasteiger partial charge is 0.475 e. The molecule has 0 aliphatic rings. The molecule has 0 saturated carbocycles. The predicted molar refractivity (Wildman–Crippen MR) is 106 cm³/mol. The number of benzene rings is 1. The molecular weight excluding hydrogens is 401 g/mol. The van der Waals surface area contributed by atoms with Crippen LogP contribution in [0.3, 0.4) is 0 Å². The van der Waals surface area contributed by atoms with Gasteiger partial charge in [-0.1, -0.05) is 18.2 Å². The minimum absolute atomic E-state index is 0.602. The van der Waals surface area contributed by atoms with Gasteiger partial charge in [0.15, 0.2) is 0 Å². The summed E-state index contributed by atoms with van der Waals surface area (Å²) in [6.07, 6.45) is -1.47. The number of carboxylic acid groups (broad SMARTS) is 1. The summed E-state index contributed by atoms with van der Waals surface area (Å²) in [5.41, 5.74) is 4.86. The number of halogens is 3. The Hall–Kier alpha value is -3.63. The molecule has 0 bridgehead atoms. The van der Waals surface area contributed by atoms with E-state index in [1.165, 1.54) is 0 Å². The number of rotatable bonds is 5. The summed E-state index contributed by atoms with van der Waals surface area (Å²) in [6, 6.07) is 11.9. The summed E-state index contributed by atoms with van der Waals surface area (Å²) in [6.45, 7) is 2.57. The number of anilines is 2. The maximum atomic E-state index is 10.6. The van der Waals surface area contributed by atoms with Gasteiger partial charge in [0.1, 0.15) is 5.69 Å². The van der Waals surface area contributed by atoms with Crippen molar-refractivity contribution < 1.29 is 23.1 Å². The number of carbonyl (C=O) groups is 1. The Morgan fingerprint density at radius 1 is 1.17 bits per heavy atom. The zero-order valence-corrected chi connectivity index (χ0v) is 16.6. The minimum atomic E-state index is -5.08. The molecule has 1 aromatic carbocycles. The Bertz CT molecular complexity index is 974. The number of aliphatic carboxylic acids is 1. The van der Waals surface area contributed by atoms with Gasteiger partial charge >= 0.3 is 12.1 Å². The monoisotopic (exact) mass is 422 g/mol. The molecule has 160 valence electrons. The summed E-state index contributed by atoms with van der Waals surface area (Å²) in [4.78, 5) is 16.8. The number of hydrogen-bond acceptors (Lipinski definition) is 6. The van der Waals surface area contributed by atoms with E-state index >= 15 is 0 Å². The Balaban J connectivity index is 0.000000396. The third-order valence-corrected chi connectivity index (χ3v) is 3.83. The molecule has 0 aliphatic heterocycles. The molecule has 11 heteroatoms. The second kappa shape index (κ2) is 9.72. The SMILES string of the molecule is Cc1nn(-c2ccccc2)nc1CNc1cnccc1N(C)C.O=C(O)C(F)(F)F. The fourth-order valence-electron chi connectivity index (χ4n) is 2.34. The largest absolute Gasteiger partial charge is 0.490 e. The maximum Gasteiger partial charge on any atom is 0.490 e. The van der Waals surface area contributed by atoms with Gasteiger partial charge < -0.3 is 15.3 Å². The molecule has 3 rings (SSSR count). The second-order valence-electron chi connectivity index (χ2n) is 6.30. The lowest BCUT2D eigenvalue weighted by Gasteiger charge is -2.17. The molecule has 0 aliphatic carbocycles. The fraction of sp³-hybridized carbons (Fsp3) is 0.263. The van der Waals surface area contributed by atoms with Crippen LogP contribution in [0, 0.1) is 6.92 Å². The highest BCUT2D eigenvalue weighted by atomic mass is 19.4. The number of pyridine rings is 1. The number of alkyl halides is 3. The number of nitrogens with one attached hydrogen (secondary N) is 1. The lowest BCUT2D eigenvalue weighted by atomic mass is 10.3. The third-order valence-electron chi connectivity index (χ3n) is 3.83. The molecule has 0 atom stereocenters. The van der Waals surface area contributed by atoms with Crippen LogP contribution in [0.2, 0.25) is 0 Å². The van der Waals surface area contributed by atoms with Crippen molar-refractivity contribution in [1.82, 2.24) is 20.0 Å². The zero-order chi connectivity index (χ0) is 22.3. The lowest BCUT2D eigenvalue weighted by molar-refractivity contribution is -0.192. The highest BCUT2D eigenvalue weighted by molar-refractivity contribution is 5.73. The molecule has 0 spiro atoms. The van der Waals surface area contributed by atoms with Gasteiger partial charge in [-0.05, 0) is 25.1 Å². The highest BCUT2D eigenvalue weighted by Crippen LogP contribution is 2.23. The van der Waals surface area contributed by atoms with E-state index in [4.69, 9.17) is 9.90 Å². The van der Waals surface area contributed by atoms with E-state index in [1.54, 1.807) is 11.0 Å². The average molecular weight is 422 g/mol. The molecule has 0 amide bonds. The van der Waals surface area contributed by atoms with Crippen molar-refractivity contribution in [1.29, 1.82) is 0 Å². The molecule has 0 radical (unpaired) electrons. The predicted octanol–water partition coefficient (Wildman–Crippen LogP) is 3.28. The maximum absolute atomic E-state index is 10.6. The normalized spacial score (nSPS) is 10.7. The molecular formula is C19H21F3N6O2. The first-order valence-corrected chi connectivity index (χ1v) is 8.73. The molecule has 0 fully saturated rings. The van der Waals surface area contributed by atoms with Gasteiger partial charge in [0.2, 0.25) is 0 Å². The van der Waals surface area contributed by atoms with Crippen molar-refractivity contribution in [2.75, 3.05) is 24.3 Å². The quantitative estimate of drug-likeness (QED) is 0.651. The van der Waals surface area contributed by atoms with Crippen LogP contribution >= 0.6 is 0 Å². The number of aryl methyl sites for hydroxylation is 1. The van der Waals surface area contributed by atoms with E-state index in [9.17, 15) is 13.2 Å². The summed E-state index contributed by atoms with van der Waals surface area (Å²) in [7, 11) is 4.02. The van der Waals surface area contributed by atoms with Crippen LogP contribution in [0.25, 0.3) is 5.69 Å². The first kappa shape index (κ1) is 22.7. The van der Waals surface area contributed by atoms with Crippen LogP contribution in [0.4, 0.5) is 24.5 Å². The third kappa shape index (κ3) is 6.19. The van der Waals surface area contributed by atoms with Crippen molar-refractivity contribution in [2.24, 2.45) is 0 Å². The van der Waals surface area contributed by atoms with Gasteiger partial charge in [0, 0.05) is 20.3 Å². The van der Waals surface area contributed by atoms with Crippen LogP contribution in [0.1, 0.15) is 11.4 Å². The van der Waals surface area contributed by atoms with Crippen molar-refractivity contribution in [2.45, 2.75) is 19.6 Å². The standard InChI is InChI=1S/C17H20N6.C2HF3O2/c1-13-15(21-23(20-13)14-7-5-4-6-8-14)12-19-16-11-18-10-9-17(16)22(2)3;3-2(4,5)1(6)7/h4-11,19H,12H2,1-3H3;(H,6,7). The van der Waals surface area contributed by atoms with E-state index in [-0.39, 0.29) is 0 Å². The number of hydrogen-bond donors (Lipinski definition) is 2. The number of aromatic nitrogens is 4. The molecule has 3 aromatic rings. The fourth-order valence-corrected chi connectivity index (χ4v) is 2.34. The summed E-state index contributed by atoms with van der Waals surface area (Å²) in [5, 5.41) is 19.6. The Morgan fingerprint density at radius 3 is 2.37 bits per heavy atom. The molecule has 0 unspecified atom stereocenters. The molecule has 2 N–H and O–H groups in total. The van der Waals surface area contributed by atoms with Crippen LogP contribution in [0.15, 0.2) is 48.8 Å². The van der Waals surface area contributed by atoms with E-state index in [1.807, 2.05) is 63.6 Å². The molecule has 2 heterocycles. The van der Waals surface area contributed by atoms with Crippen molar-refractivity contribution in [3.05, 3.63) is 60.2 Å². The number of carboxylic acids is 1. The Labute approximate surface area is 171 Å². The molecule has 2 aromatic heterocycles. The highest BCUT2D eigenvalue weighted by Gasteiger charge is 2.38. The lowest BCUT2D eigenvalue weighted by Crippen LogP contribution is -2.21. The van der Waals surface area contributed by atoms with Gasteiger partial charge in [-0.25, -0.2) is 4.79 Å². The van der Waals surface area contributed by atoms with Gasteiger partial charge in [0.05, 0.1) is 35.5 Å². The van der Waals surface area contributed by atoms with Gasteiger partial charge in [-0.2, -0.15) is 28.2 Å². The number of nitrogens with zero attached hydrogens (tertiary/aromatic N) is 5. The zero-order valence-electron chi connectivity index (χ0n) is 16.6. The van der Waals surface area contributed by atoms with Crippen LogP contribution < -0.4 is 10.2 Å². The molecule has 30 heavy (non-hydrogen) atoms. The summed E-state index contributed by atoms with van der Waals surface area (Å²) >= 11 is 0. The molecule has 0 saturated heterocycles. The van der Waals surface area contributed by atoms with Gasteiger partial charge in [0.25, 0.3) is 0 Å².